The lowest BCUT2D eigenvalue weighted by Crippen LogP contribution is -2.18. The van der Waals surface area contributed by atoms with E-state index >= 15 is 8.78 Å². The molecule has 6 nitrogen and oxygen atoms in total. The number of hydrogen-bond donors (Lipinski definition) is 0. The summed E-state index contributed by atoms with van der Waals surface area (Å²) in [5.41, 5.74) is 4.29. The molecule has 0 atom stereocenters. The molecule has 2 aromatic heterocycles. The maximum atomic E-state index is 16.8. The van der Waals surface area contributed by atoms with E-state index in [0.717, 1.165) is 22.3 Å². The second-order valence-corrected chi connectivity index (χ2v) is 17.1. The molecule has 4 aliphatic rings. The van der Waals surface area contributed by atoms with Crippen molar-refractivity contribution in [3.63, 3.8) is 0 Å². The third-order valence-electron chi connectivity index (χ3n) is 11.4. The van der Waals surface area contributed by atoms with E-state index in [0.29, 0.717) is 43.1 Å². The molecule has 0 spiro atoms. The van der Waals surface area contributed by atoms with Crippen LogP contribution in [0.25, 0.3) is 44.2 Å². The molecular formula is C46H24F2N4O2S2. The minimum atomic E-state index is -0.830. The maximum Gasteiger partial charge on any atom is 0.194 e. The minimum absolute atomic E-state index is 0.0872. The molecule has 56 heavy (non-hydrogen) atoms. The number of allylic oxidation sites excluding steroid dienone is 6. The highest BCUT2D eigenvalue weighted by molar-refractivity contribution is 7.17. The summed E-state index contributed by atoms with van der Waals surface area (Å²) in [6, 6.07) is 25.0. The van der Waals surface area contributed by atoms with Crippen LogP contribution >= 0.6 is 22.7 Å². The quantitative estimate of drug-likeness (QED) is 0.130. The Hall–Kier alpha value is -6.82. The first-order chi connectivity index (χ1) is 26.8. The van der Waals surface area contributed by atoms with Crippen molar-refractivity contribution < 1.29 is 18.4 Å². The molecule has 0 fully saturated rings. The van der Waals surface area contributed by atoms with Crippen molar-refractivity contribution in [1.29, 1.82) is 21.0 Å². The van der Waals surface area contributed by atoms with Gasteiger partial charge in [0.15, 0.2) is 11.6 Å². The van der Waals surface area contributed by atoms with E-state index in [1.54, 1.807) is 48.5 Å². The Morgan fingerprint density at radius 1 is 0.571 bits per heavy atom. The van der Waals surface area contributed by atoms with Gasteiger partial charge in [-0.3, -0.25) is 9.59 Å². The van der Waals surface area contributed by atoms with Crippen LogP contribution in [0.5, 0.6) is 0 Å². The Kier molecular flexibility index (Phi) is 7.38. The highest BCUT2D eigenvalue weighted by atomic mass is 32.1. The van der Waals surface area contributed by atoms with Crippen LogP contribution < -0.4 is 0 Å². The van der Waals surface area contributed by atoms with E-state index in [4.69, 9.17) is 0 Å². The van der Waals surface area contributed by atoms with Gasteiger partial charge >= 0.3 is 0 Å². The number of fused-ring (bicyclic) bond motifs is 8. The summed E-state index contributed by atoms with van der Waals surface area (Å²) < 4.78 is 33.6. The molecule has 5 aromatic rings. The number of benzene rings is 3. The van der Waals surface area contributed by atoms with Gasteiger partial charge in [-0.1, -0.05) is 76.2 Å². The molecule has 9 rings (SSSR count). The van der Waals surface area contributed by atoms with Crippen molar-refractivity contribution in [2.24, 2.45) is 0 Å². The summed E-state index contributed by atoms with van der Waals surface area (Å²) in [6.07, 6.45) is 2.90. The van der Waals surface area contributed by atoms with Crippen LogP contribution in [0.15, 0.2) is 83.0 Å². The molecule has 0 N–H and O–H groups in total. The molecule has 0 bridgehead atoms. The van der Waals surface area contributed by atoms with Crippen LogP contribution in [0.3, 0.4) is 0 Å². The smallest absolute Gasteiger partial charge is 0.194 e. The number of rotatable bonds is 2. The fourth-order valence-corrected chi connectivity index (χ4v) is 11.4. The maximum absolute atomic E-state index is 16.8. The summed E-state index contributed by atoms with van der Waals surface area (Å²) in [7, 11) is 0. The SMILES string of the molecule is CC1(C)c2cc3c(cc2-c2sc(/C=C4\C(=O)c5ccccc5C4=C(C#N)C#N)c(F)c21)C(C)(C)c1c-3sc(/C=C2\C(=O)c3ccccc3C2=C(C#N)C#N)c1F. The van der Waals surface area contributed by atoms with Crippen molar-refractivity contribution in [2.45, 2.75) is 38.5 Å². The molecule has 0 saturated heterocycles. The zero-order valence-corrected chi connectivity index (χ0v) is 31.7. The predicted molar refractivity (Wildman–Crippen MR) is 211 cm³/mol. The van der Waals surface area contributed by atoms with Gasteiger partial charge in [0, 0.05) is 65.1 Å². The molecule has 0 radical (unpaired) electrons. The molecule has 4 aliphatic carbocycles. The summed E-state index contributed by atoms with van der Waals surface area (Å²) >= 11 is 2.39. The van der Waals surface area contributed by atoms with Gasteiger partial charge in [0.25, 0.3) is 0 Å². The Labute approximate surface area is 328 Å². The van der Waals surface area contributed by atoms with Gasteiger partial charge in [0.2, 0.25) is 0 Å². The first kappa shape index (κ1) is 34.9. The Morgan fingerprint density at radius 3 is 1.25 bits per heavy atom. The second kappa shape index (κ2) is 11.8. The van der Waals surface area contributed by atoms with Gasteiger partial charge in [0.05, 0.1) is 9.75 Å². The fraction of sp³-hybridized carbons (Fsp3) is 0.130. The van der Waals surface area contributed by atoms with Crippen LogP contribution in [0.1, 0.15) is 91.5 Å². The van der Waals surface area contributed by atoms with Crippen molar-refractivity contribution in [3.05, 3.63) is 149 Å². The first-order valence-corrected chi connectivity index (χ1v) is 19.1. The molecule has 10 heteroatoms. The number of nitriles is 4. The fourth-order valence-electron chi connectivity index (χ4n) is 8.77. The molecule has 0 unspecified atom stereocenters. The average Bonchev–Trinajstić information content (AvgIpc) is 3.96. The second-order valence-electron chi connectivity index (χ2n) is 15.0. The average molecular weight is 767 g/mol. The van der Waals surface area contributed by atoms with Crippen LogP contribution in [0.2, 0.25) is 0 Å². The third-order valence-corrected chi connectivity index (χ3v) is 13.7. The number of carbonyl (C=O) groups is 2. The van der Waals surface area contributed by atoms with E-state index in [9.17, 15) is 30.6 Å². The van der Waals surface area contributed by atoms with Gasteiger partial charge in [-0.05, 0) is 57.7 Å². The number of nitrogens with zero attached hydrogens (tertiary/aromatic N) is 4. The minimum Gasteiger partial charge on any atom is -0.289 e. The van der Waals surface area contributed by atoms with Gasteiger partial charge in [-0.2, -0.15) is 21.0 Å². The van der Waals surface area contributed by atoms with Crippen LogP contribution in [0.4, 0.5) is 8.78 Å². The molecule has 266 valence electrons. The highest BCUT2D eigenvalue weighted by Gasteiger charge is 2.47. The van der Waals surface area contributed by atoms with Crippen LogP contribution in [-0.2, 0) is 10.8 Å². The number of halogens is 2. The number of hydrogen-bond acceptors (Lipinski definition) is 8. The number of thiophene rings is 2. The lowest BCUT2D eigenvalue weighted by Gasteiger charge is -2.24. The normalized spacial score (nSPS) is 17.4. The third kappa shape index (κ3) is 4.40. The number of Topliss-reactive ketones (excluding diaryl/α,β-unsaturated/α-hetero) is 2. The van der Waals surface area contributed by atoms with Crippen LogP contribution in [0, 0.1) is 57.0 Å². The Morgan fingerprint density at radius 2 is 0.911 bits per heavy atom. The molecule has 0 amide bonds. The summed E-state index contributed by atoms with van der Waals surface area (Å²) in [5.74, 6) is -1.76. The zero-order chi connectivity index (χ0) is 39.6. The lowest BCUT2D eigenvalue weighted by molar-refractivity contribution is 0.103. The standard InChI is InChI=1S/C46H24F2N4O2S2/c1-45(2)31-13-28-32(14-27(31)43-37(45)39(47)33(55-43)15-29-35(21(17-49)18-50)23-9-5-7-11-25(23)41(29)53)46(3,4)38-40(48)34(56-44(28)38)16-30-36(22(19-51)20-52)24-10-6-8-12-26(24)42(30)54/h5-16H,1-4H3/b29-15-,30-16-. The Balaban J connectivity index is 1.18. The van der Waals surface area contributed by atoms with E-state index < -0.39 is 34.0 Å². The zero-order valence-electron chi connectivity index (χ0n) is 30.1. The summed E-state index contributed by atoms with van der Waals surface area (Å²) in [4.78, 5) is 29.0. The van der Waals surface area contributed by atoms with Crippen molar-refractivity contribution in [3.8, 4) is 45.2 Å². The molecule has 3 aromatic carbocycles. The van der Waals surface area contributed by atoms with Crippen molar-refractivity contribution in [1.82, 2.24) is 0 Å². The van der Waals surface area contributed by atoms with E-state index in [-0.39, 0.29) is 43.2 Å². The molecule has 0 saturated carbocycles. The van der Waals surface area contributed by atoms with E-state index in [1.165, 1.54) is 34.8 Å². The van der Waals surface area contributed by atoms with Crippen LogP contribution in [-0.4, -0.2) is 11.6 Å². The van der Waals surface area contributed by atoms with Gasteiger partial charge < -0.3 is 0 Å². The molecule has 0 aliphatic heterocycles. The molecular weight excluding hydrogens is 743 g/mol. The van der Waals surface area contributed by atoms with Crippen molar-refractivity contribution >= 4 is 57.5 Å². The highest BCUT2D eigenvalue weighted by Crippen LogP contribution is 2.61. The van der Waals surface area contributed by atoms with E-state index in [1.807, 2.05) is 64.1 Å². The van der Waals surface area contributed by atoms with E-state index in [2.05, 4.69) is 0 Å². The molecule has 2 heterocycles. The Bertz CT molecular complexity index is 2840. The summed E-state index contributed by atoms with van der Waals surface area (Å²) in [5, 5.41) is 39.1. The lowest BCUT2D eigenvalue weighted by atomic mass is 9.79. The first-order valence-electron chi connectivity index (χ1n) is 17.5. The number of carbonyl (C=O) groups excluding carboxylic acids is 2. The predicted octanol–water partition coefficient (Wildman–Crippen LogP) is 10.9. The monoisotopic (exact) mass is 766 g/mol. The summed E-state index contributed by atoms with van der Waals surface area (Å²) in [6.45, 7) is 7.70. The van der Waals surface area contributed by atoms with Gasteiger partial charge in [-0.25, -0.2) is 8.78 Å². The van der Waals surface area contributed by atoms with Gasteiger partial charge in [-0.15, -0.1) is 22.7 Å². The largest absolute Gasteiger partial charge is 0.289 e. The van der Waals surface area contributed by atoms with Gasteiger partial charge in [0.1, 0.15) is 47.1 Å². The van der Waals surface area contributed by atoms with Crippen molar-refractivity contribution in [2.75, 3.05) is 0 Å². The number of ketones is 2. The topological polar surface area (TPSA) is 129 Å².